The van der Waals surface area contributed by atoms with Crippen LogP contribution in [-0.2, 0) is 39.3 Å². The molecule has 1 saturated heterocycles. The fraction of sp³-hybridized carbons (Fsp3) is 0.429. The van der Waals surface area contributed by atoms with Crippen LogP contribution in [-0.4, -0.2) is 48.7 Å². The number of hydroxylamine groups is 1. The third kappa shape index (κ3) is 8.60. The normalized spacial score (nSPS) is 18.8. The maximum atomic E-state index is 12.1. The number of aryl methyl sites for hydroxylation is 1. The fourth-order valence-corrected chi connectivity index (χ4v) is 5.21. The molecule has 0 bridgehead atoms. The summed E-state index contributed by atoms with van der Waals surface area (Å²) < 4.78 is 14.6. The van der Waals surface area contributed by atoms with Gasteiger partial charge < -0.3 is 24.5 Å². The Hall–Kier alpha value is -3.29. The number of amides is 2. The Labute approximate surface area is 237 Å². The van der Waals surface area contributed by atoms with E-state index in [1.807, 2.05) is 60.1 Å². The zero-order valence-electron chi connectivity index (χ0n) is 22.4. The Morgan fingerprint density at radius 2 is 1.68 bits per heavy atom. The number of hydrogen-bond acceptors (Lipinski definition) is 9. The van der Waals surface area contributed by atoms with E-state index in [1.54, 1.807) is 23.6 Å². The third-order valence-corrected chi connectivity index (χ3v) is 7.77. The monoisotopic (exact) mass is 569 g/mol. The largest absolute Gasteiger partial charge is 0.392 e. The summed E-state index contributed by atoms with van der Waals surface area (Å²) in [6.45, 7) is 0.379. The molecule has 1 aromatic heterocycles. The number of aliphatic hydroxyl groups is 1. The van der Waals surface area contributed by atoms with Gasteiger partial charge in [0.2, 0.25) is 11.8 Å². The van der Waals surface area contributed by atoms with Crippen LogP contribution in [0, 0.1) is 0 Å². The number of thioether (sulfide) groups is 1. The van der Waals surface area contributed by atoms with E-state index in [0.29, 0.717) is 38.0 Å². The molecule has 3 aromatic rings. The van der Waals surface area contributed by atoms with Crippen molar-refractivity contribution < 1.29 is 29.4 Å². The van der Waals surface area contributed by atoms with Gasteiger partial charge in [-0.15, -0.1) is 10.2 Å². The van der Waals surface area contributed by atoms with Crippen LogP contribution >= 0.6 is 11.8 Å². The lowest BCUT2D eigenvalue weighted by Crippen LogP contribution is -2.31. The smallest absolute Gasteiger partial charge is 0.243 e. The van der Waals surface area contributed by atoms with E-state index < -0.39 is 12.2 Å². The highest BCUT2D eigenvalue weighted by molar-refractivity contribution is 7.99. The molecule has 1 aliphatic rings. The molecule has 2 aromatic carbocycles. The number of aliphatic hydroxyl groups excluding tert-OH is 1. The van der Waals surface area contributed by atoms with Crippen LogP contribution in [0.25, 0.3) is 0 Å². The fourth-order valence-electron chi connectivity index (χ4n) is 4.30. The summed E-state index contributed by atoms with van der Waals surface area (Å²) in [6, 6.07) is 15.6. The van der Waals surface area contributed by atoms with Gasteiger partial charge in [0.25, 0.3) is 0 Å². The molecule has 2 amide bonds. The summed E-state index contributed by atoms with van der Waals surface area (Å²) in [5, 5.41) is 29.7. The van der Waals surface area contributed by atoms with Gasteiger partial charge in [-0.05, 0) is 29.5 Å². The van der Waals surface area contributed by atoms with Crippen LogP contribution in [0.15, 0.2) is 60.0 Å². The molecule has 40 heavy (non-hydrogen) atoms. The Balaban J connectivity index is 1.35. The first-order chi connectivity index (χ1) is 19.4. The highest BCUT2D eigenvalue weighted by atomic mass is 32.2. The highest BCUT2D eigenvalue weighted by Gasteiger charge is 2.32. The standard InChI is InChI=1S/C28H35N5O6S/c1-33-18-30-31-28(33)40-17-23-14-24(21-10-8-20(16-34)9-11-21)39-27(38-23)22-12-6-19(7-13-22)15-29-25(35)4-2-3-5-26(36)32-37/h6-13,18,23-24,27,34,37H,2-5,14-17H2,1H3,(H,29,35)(H,32,36)/t23-,24+,27+/m0/s1. The number of rotatable bonds is 13. The summed E-state index contributed by atoms with van der Waals surface area (Å²) >= 11 is 1.59. The minimum Gasteiger partial charge on any atom is -0.392 e. The number of nitrogens with zero attached hydrogens (tertiary/aromatic N) is 3. The van der Waals surface area contributed by atoms with Crippen LogP contribution in [0.1, 0.15) is 66.8 Å². The lowest BCUT2D eigenvalue weighted by Gasteiger charge is -2.36. The van der Waals surface area contributed by atoms with E-state index in [0.717, 1.165) is 27.4 Å². The van der Waals surface area contributed by atoms with Crippen LogP contribution in [0.5, 0.6) is 0 Å². The average molecular weight is 570 g/mol. The van der Waals surface area contributed by atoms with Gasteiger partial charge in [0.05, 0.1) is 18.8 Å². The molecule has 214 valence electrons. The number of aromatic nitrogens is 3. The first-order valence-corrected chi connectivity index (χ1v) is 14.2. The van der Waals surface area contributed by atoms with Crippen LogP contribution in [0.4, 0.5) is 0 Å². The number of benzene rings is 2. The second-order valence-electron chi connectivity index (χ2n) is 9.65. The summed E-state index contributed by atoms with van der Waals surface area (Å²) in [5.41, 5.74) is 5.28. The molecule has 1 aliphatic heterocycles. The summed E-state index contributed by atoms with van der Waals surface area (Å²) in [7, 11) is 1.91. The Bertz CT molecular complexity index is 1240. The SMILES string of the molecule is Cn1cnnc1SC[C@@H]1C[C@H](c2ccc(CO)cc2)O[C@H](c2ccc(CNC(=O)CCCCC(=O)NO)cc2)O1. The van der Waals surface area contributed by atoms with E-state index in [-0.39, 0.29) is 31.1 Å². The topological polar surface area (TPSA) is 148 Å². The number of carbonyl (C=O) groups is 2. The second-order valence-corrected chi connectivity index (χ2v) is 10.6. The number of carbonyl (C=O) groups excluding carboxylic acids is 2. The van der Waals surface area contributed by atoms with Crippen molar-refractivity contribution in [2.75, 3.05) is 5.75 Å². The molecule has 3 atom stereocenters. The van der Waals surface area contributed by atoms with Crippen molar-refractivity contribution in [3.63, 3.8) is 0 Å². The van der Waals surface area contributed by atoms with Gasteiger partial charge in [0.1, 0.15) is 6.33 Å². The second kappa shape index (κ2) is 14.9. The third-order valence-electron chi connectivity index (χ3n) is 6.61. The molecule has 0 aliphatic carbocycles. The Morgan fingerprint density at radius 1 is 1.00 bits per heavy atom. The van der Waals surface area contributed by atoms with E-state index >= 15 is 0 Å². The Kier molecular flexibility index (Phi) is 11.1. The molecular weight excluding hydrogens is 534 g/mol. The van der Waals surface area contributed by atoms with Crippen molar-refractivity contribution in [3.8, 4) is 0 Å². The van der Waals surface area contributed by atoms with Gasteiger partial charge in [-0.1, -0.05) is 60.3 Å². The maximum Gasteiger partial charge on any atom is 0.243 e. The van der Waals surface area contributed by atoms with E-state index in [9.17, 15) is 14.7 Å². The molecule has 2 heterocycles. The van der Waals surface area contributed by atoms with Gasteiger partial charge in [-0.3, -0.25) is 14.8 Å². The predicted molar refractivity (Wildman–Crippen MR) is 147 cm³/mol. The van der Waals surface area contributed by atoms with E-state index in [1.165, 1.54) is 0 Å². The van der Waals surface area contributed by atoms with Crippen molar-refractivity contribution >= 4 is 23.6 Å². The molecule has 0 spiro atoms. The molecule has 0 radical (unpaired) electrons. The molecule has 11 nitrogen and oxygen atoms in total. The van der Waals surface area contributed by atoms with E-state index in [4.69, 9.17) is 14.7 Å². The number of nitrogens with one attached hydrogen (secondary N) is 2. The minimum absolute atomic E-state index is 0.00927. The molecule has 4 rings (SSSR count). The highest BCUT2D eigenvalue weighted by Crippen LogP contribution is 2.39. The van der Waals surface area contributed by atoms with Gasteiger partial charge in [-0.25, -0.2) is 5.48 Å². The molecule has 4 N–H and O–H groups in total. The maximum absolute atomic E-state index is 12.1. The van der Waals surface area contributed by atoms with Crippen LogP contribution in [0.3, 0.4) is 0 Å². The van der Waals surface area contributed by atoms with Crippen molar-refractivity contribution in [3.05, 3.63) is 77.1 Å². The average Bonchev–Trinajstić information content (AvgIpc) is 3.41. The number of unbranched alkanes of at least 4 members (excludes halogenated alkanes) is 1. The van der Waals surface area contributed by atoms with Crippen LogP contribution < -0.4 is 10.8 Å². The molecule has 0 saturated carbocycles. The van der Waals surface area contributed by atoms with Crippen molar-refractivity contribution in [2.24, 2.45) is 7.05 Å². The molecule has 0 unspecified atom stereocenters. The zero-order chi connectivity index (χ0) is 28.3. The van der Waals surface area contributed by atoms with Crippen molar-refractivity contribution in [1.82, 2.24) is 25.6 Å². The molecule has 1 fully saturated rings. The lowest BCUT2D eigenvalue weighted by molar-refractivity contribution is -0.245. The predicted octanol–water partition coefficient (Wildman–Crippen LogP) is 3.33. The number of ether oxygens (including phenoxy) is 2. The van der Waals surface area contributed by atoms with Crippen molar-refractivity contribution in [2.45, 2.75) is 68.9 Å². The first kappa shape index (κ1) is 29.7. The quantitative estimate of drug-likeness (QED) is 0.105. The van der Waals surface area contributed by atoms with Gasteiger partial charge in [0.15, 0.2) is 11.4 Å². The van der Waals surface area contributed by atoms with Gasteiger partial charge in [-0.2, -0.15) is 0 Å². The molecule has 12 heteroatoms. The van der Waals surface area contributed by atoms with Gasteiger partial charge >= 0.3 is 0 Å². The molecular formula is C28H35N5O6S. The van der Waals surface area contributed by atoms with E-state index in [2.05, 4.69) is 15.5 Å². The summed E-state index contributed by atoms with van der Waals surface area (Å²) in [4.78, 5) is 23.2. The van der Waals surface area contributed by atoms with Crippen LogP contribution in [0.2, 0.25) is 0 Å². The minimum atomic E-state index is -0.568. The summed E-state index contributed by atoms with van der Waals surface area (Å²) in [5.74, 6) is 0.144. The first-order valence-electron chi connectivity index (χ1n) is 13.2. The van der Waals surface area contributed by atoms with Crippen molar-refractivity contribution in [1.29, 1.82) is 0 Å². The summed E-state index contributed by atoms with van der Waals surface area (Å²) in [6.07, 6.45) is 3.10. The lowest BCUT2D eigenvalue weighted by atomic mass is 10.0. The van der Waals surface area contributed by atoms with Gasteiger partial charge in [0, 0.05) is 44.2 Å². The Morgan fingerprint density at radius 3 is 2.33 bits per heavy atom. The zero-order valence-corrected chi connectivity index (χ0v) is 23.2. The number of hydrogen-bond donors (Lipinski definition) is 4.